The molecule has 7 heteroatoms. The minimum absolute atomic E-state index is 0.0790. The van der Waals surface area contributed by atoms with Crippen LogP contribution in [-0.4, -0.2) is 63.6 Å². The Hall–Kier alpha value is -0.0231. The van der Waals surface area contributed by atoms with Gasteiger partial charge < -0.3 is 28.5 Å². The van der Waals surface area contributed by atoms with Crippen molar-refractivity contribution >= 4 is 8.32 Å². The van der Waals surface area contributed by atoms with Crippen LogP contribution in [0.3, 0.4) is 0 Å². The fraction of sp³-hybridized carbons (Fsp3) is 1.00. The quantitative estimate of drug-likeness (QED) is 0.769. The molecule has 0 saturated carbocycles. The van der Waals surface area contributed by atoms with E-state index in [0.29, 0.717) is 0 Å². The zero-order chi connectivity index (χ0) is 17.7. The van der Waals surface area contributed by atoms with E-state index >= 15 is 0 Å². The van der Waals surface area contributed by atoms with Crippen molar-refractivity contribution in [3.63, 3.8) is 0 Å². The minimum Gasteiger partial charge on any atom is -0.414 e. The average molecular weight is 349 g/mol. The summed E-state index contributed by atoms with van der Waals surface area (Å²) >= 11 is 0. The summed E-state index contributed by atoms with van der Waals surface area (Å²) in [7, 11) is -0.372. The molecule has 0 unspecified atom stereocenters. The van der Waals surface area contributed by atoms with Crippen LogP contribution in [0.1, 0.15) is 34.6 Å². The highest BCUT2D eigenvalue weighted by atomic mass is 28.4. The lowest BCUT2D eigenvalue weighted by molar-refractivity contribution is -0.253. The third-order valence-electron chi connectivity index (χ3n) is 5.26. The normalized spacial score (nSPS) is 37.2. The largest absolute Gasteiger partial charge is 0.414 e. The molecule has 2 saturated heterocycles. The fourth-order valence-corrected chi connectivity index (χ4v) is 3.85. The molecule has 0 spiro atoms. The number of hydrogen-bond acceptors (Lipinski definition) is 6. The van der Waals surface area contributed by atoms with Crippen molar-refractivity contribution in [3.8, 4) is 0 Å². The molecule has 1 N–H and O–H groups in total. The van der Waals surface area contributed by atoms with Crippen LogP contribution in [0.4, 0.5) is 0 Å². The lowest BCUT2D eigenvalue weighted by Crippen LogP contribution is -2.55. The third kappa shape index (κ3) is 3.51. The lowest BCUT2D eigenvalue weighted by Gasteiger charge is -2.41. The Morgan fingerprint density at radius 1 is 1.13 bits per heavy atom. The fourth-order valence-electron chi connectivity index (χ4n) is 2.81. The highest BCUT2D eigenvalue weighted by Gasteiger charge is 2.62. The minimum atomic E-state index is -1.97. The maximum absolute atomic E-state index is 10.0. The van der Waals surface area contributed by atoms with E-state index in [0.717, 1.165) is 0 Å². The summed E-state index contributed by atoms with van der Waals surface area (Å²) in [5.74, 6) is -0.714. The summed E-state index contributed by atoms with van der Waals surface area (Å²) in [6.45, 7) is 14.6. The number of aliphatic hydroxyl groups is 1. The van der Waals surface area contributed by atoms with Gasteiger partial charge in [-0.25, -0.2) is 0 Å². The number of fused-ring (bicyclic) bond motifs is 1. The van der Waals surface area contributed by atoms with Gasteiger partial charge in [0.05, 0.1) is 13.2 Å². The van der Waals surface area contributed by atoms with Crippen molar-refractivity contribution in [1.82, 2.24) is 0 Å². The van der Waals surface area contributed by atoms with Crippen molar-refractivity contribution in [2.24, 2.45) is 0 Å². The van der Waals surface area contributed by atoms with Crippen LogP contribution in [0.2, 0.25) is 18.1 Å². The smallest absolute Gasteiger partial charge is 0.192 e. The molecule has 0 aromatic rings. The topological polar surface area (TPSA) is 66.4 Å². The van der Waals surface area contributed by atoms with Crippen molar-refractivity contribution in [2.75, 3.05) is 20.3 Å². The molecule has 23 heavy (non-hydrogen) atoms. The molecule has 136 valence electrons. The maximum Gasteiger partial charge on any atom is 0.192 e. The molecule has 2 fully saturated rings. The standard InChI is InChI=1S/C16H32O6Si/c1-14(2,3)23(7,8)19-10-16(9-17)12(18-6)11-13(22-16)21-15(4,5)20-11/h11-13,17H,9-10H2,1-8H3/t11-,12+,13+,16-/m1/s1. The van der Waals surface area contributed by atoms with Crippen molar-refractivity contribution < 1.29 is 28.5 Å². The van der Waals surface area contributed by atoms with Gasteiger partial charge in [-0.3, -0.25) is 0 Å². The molecule has 6 nitrogen and oxygen atoms in total. The molecule has 0 bridgehead atoms. The van der Waals surface area contributed by atoms with Crippen LogP contribution in [0.5, 0.6) is 0 Å². The molecular formula is C16H32O6Si. The molecule has 4 atom stereocenters. The van der Waals surface area contributed by atoms with E-state index in [2.05, 4.69) is 33.9 Å². The summed E-state index contributed by atoms with van der Waals surface area (Å²) in [5, 5.41) is 10.1. The van der Waals surface area contributed by atoms with Crippen LogP contribution in [-0.2, 0) is 23.4 Å². The van der Waals surface area contributed by atoms with Crippen LogP contribution in [0.25, 0.3) is 0 Å². The Labute approximate surface area is 140 Å². The first kappa shape index (κ1) is 19.3. The van der Waals surface area contributed by atoms with E-state index in [4.69, 9.17) is 23.4 Å². The van der Waals surface area contributed by atoms with Gasteiger partial charge in [0.1, 0.15) is 17.8 Å². The van der Waals surface area contributed by atoms with Gasteiger partial charge in [0.25, 0.3) is 0 Å². The zero-order valence-corrected chi connectivity index (χ0v) is 16.6. The van der Waals surface area contributed by atoms with E-state index < -0.39 is 32.1 Å². The average Bonchev–Trinajstić information content (AvgIpc) is 2.83. The van der Waals surface area contributed by atoms with Crippen LogP contribution in [0.15, 0.2) is 0 Å². The predicted molar refractivity (Wildman–Crippen MR) is 88.7 cm³/mol. The Morgan fingerprint density at radius 3 is 2.22 bits per heavy atom. The van der Waals surface area contributed by atoms with Gasteiger partial charge >= 0.3 is 0 Å². The van der Waals surface area contributed by atoms with Gasteiger partial charge in [0, 0.05) is 7.11 Å². The maximum atomic E-state index is 10.0. The SMILES string of the molecule is CO[C@H]1[C@H]2OC(C)(C)O[C@H]2O[C@]1(CO)CO[Si](C)(C)C(C)(C)C. The van der Waals surface area contributed by atoms with Crippen LogP contribution >= 0.6 is 0 Å². The van der Waals surface area contributed by atoms with Gasteiger partial charge in [-0.1, -0.05) is 20.8 Å². The number of aliphatic hydroxyl groups excluding tert-OH is 1. The Kier molecular flexibility index (Phi) is 5.08. The first-order valence-corrected chi connectivity index (χ1v) is 11.1. The molecule has 0 amide bonds. The second-order valence-corrected chi connectivity index (χ2v) is 13.3. The van der Waals surface area contributed by atoms with E-state index in [1.165, 1.54) is 0 Å². The molecule has 2 heterocycles. The van der Waals surface area contributed by atoms with E-state index in [9.17, 15) is 5.11 Å². The Morgan fingerprint density at radius 2 is 1.74 bits per heavy atom. The predicted octanol–water partition coefficient (Wildman–Crippen LogP) is 2.26. The molecule has 0 aliphatic carbocycles. The molecular weight excluding hydrogens is 316 g/mol. The molecule has 0 radical (unpaired) electrons. The van der Waals surface area contributed by atoms with Crippen LogP contribution < -0.4 is 0 Å². The Balaban J connectivity index is 2.15. The summed E-state index contributed by atoms with van der Waals surface area (Å²) < 4.78 is 29.6. The summed E-state index contributed by atoms with van der Waals surface area (Å²) in [5.41, 5.74) is -0.962. The van der Waals surface area contributed by atoms with Gasteiger partial charge in [-0.05, 0) is 32.0 Å². The van der Waals surface area contributed by atoms with E-state index in [1.54, 1.807) is 7.11 Å². The Bertz CT molecular complexity index is 433. The molecule has 2 aliphatic heterocycles. The van der Waals surface area contributed by atoms with Crippen LogP contribution in [0, 0.1) is 0 Å². The number of ether oxygens (including phenoxy) is 4. The highest BCUT2D eigenvalue weighted by molar-refractivity contribution is 6.74. The van der Waals surface area contributed by atoms with Gasteiger partial charge in [0.15, 0.2) is 20.4 Å². The first-order chi connectivity index (χ1) is 10.4. The molecule has 2 rings (SSSR count). The first-order valence-electron chi connectivity index (χ1n) is 8.18. The van der Waals surface area contributed by atoms with Gasteiger partial charge in [0.2, 0.25) is 0 Å². The van der Waals surface area contributed by atoms with Crippen molar-refractivity contribution in [1.29, 1.82) is 0 Å². The number of rotatable bonds is 5. The second-order valence-electron chi connectivity index (χ2n) is 8.51. The molecule has 0 aromatic carbocycles. The number of methoxy groups -OCH3 is 1. The second kappa shape index (κ2) is 6.05. The van der Waals surface area contributed by atoms with E-state index in [-0.39, 0.29) is 24.4 Å². The zero-order valence-electron chi connectivity index (χ0n) is 15.6. The summed E-state index contributed by atoms with van der Waals surface area (Å²) in [4.78, 5) is 0. The van der Waals surface area contributed by atoms with E-state index in [1.807, 2.05) is 13.8 Å². The highest BCUT2D eigenvalue weighted by Crippen LogP contribution is 2.45. The summed E-state index contributed by atoms with van der Waals surface area (Å²) in [6.07, 6.45) is -1.36. The van der Waals surface area contributed by atoms with Crippen molar-refractivity contribution in [2.45, 2.75) is 82.6 Å². The summed E-state index contributed by atoms with van der Waals surface area (Å²) in [6, 6.07) is 0. The lowest BCUT2D eigenvalue weighted by atomic mass is 9.97. The van der Waals surface area contributed by atoms with Gasteiger partial charge in [-0.2, -0.15) is 0 Å². The molecule has 2 aliphatic rings. The van der Waals surface area contributed by atoms with Gasteiger partial charge in [-0.15, -0.1) is 0 Å². The van der Waals surface area contributed by atoms with Crippen molar-refractivity contribution in [3.05, 3.63) is 0 Å². The monoisotopic (exact) mass is 348 g/mol. The molecule has 0 aromatic heterocycles. The third-order valence-corrected chi connectivity index (χ3v) is 9.74. The number of hydrogen-bond donors (Lipinski definition) is 1.